The zero-order valence-electron chi connectivity index (χ0n) is 10.4. The van der Waals surface area contributed by atoms with Crippen molar-refractivity contribution in [3.8, 4) is 0 Å². The first-order valence-electron chi connectivity index (χ1n) is 5.69. The molecule has 0 aliphatic carbocycles. The fourth-order valence-electron chi connectivity index (χ4n) is 1.79. The Labute approximate surface area is 125 Å². The van der Waals surface area contributed by atoms with Gasteiger partial charge >= 0.3 is 125 Å². The number of thiol groups is 3. The summed E-state index contributed by atoms with van der Waals surface area (Å²) in [4.78, 5) is 0. The van der Waals surface area contributed by atoms with Crippen LogP contribution >= 0.6 is 41.0 Å². The van der Waals surface area contributed by atoms with Gasteiger partial charge < -0.3 is 0 Å². The zero-order valence-corrected chi connectivity index (χ0v) is 14.0. The predicted molar refractivity (Wildman–Crippen MR) is 95.5 cm³/mol. The molecule has 4 heteroatoms. The van der Waals surface area contributed by atoms with Gasteiger partial charge in [0.1, 0.15) is 0 Å². The number of hydrogen-bond acceptors (Lipinski definition) is 3. The predicted octanol–water partition coefficient (Wildman–Crippen LogP) is 4.34. The molecule has 0 nitrogen and oxygen atoms in total. The summed E-state index contributed by atoms with van der Waals surface area (Å²) in [6, 6.07) is 16.6. The van der Waals surface area contributed by atoms with Crippen molar-refractivity contribution in [1.82, 2.24) is 0 Å². The minimum atomic E-state index is -2.90. The Morgan fingerprint density at radius 2 is 0.889 bits per heavy atom. The molecular weight excluding hydrogens is 295 g/mol. The maximum atomic E-state index is 4.85. The van der Waals surface area contributed by atoms with Crippen LogP contribution in [0, 0.1) is 13.8 Å². The molecule has 2 aromatic rings. The molecule has 2 aromatic carbocycles. The van der Waals surface area contributed by atoms with E-state index in [-0.39, 0.29) is 0 Å². The van der Waals surface area contributed by atoms with Crippen molar-refractivity contribution < 1.29 is 0 Å². The summed E-state index contributed by atoms with van der Waals surface area (Å²) < 4.78 is -2.90. The average Bonchev–Trinajstić information content (AvgIpc) is 2.29. The SMILES string of the molecule is Cc1ccc(P(S)(S)(S)c2ccc(C)cc2)cc1. The van der Waals surface area contributed by atoms with Gasteiger partial charge in [0.05, 0.1) is 0 Å². The van der Waals surface area contributed by atoms with Gasteiger partial charge in [0.25, 0.3) is 0 Å². The topological polar surface area (TPSA) is 0 Å². The van der Waals surface area contributed by atoms with E-state index >= 15 is 0 Å². The van der Waals surface area contributed by atoms with Gasteiger partial charge in [-0.15, -0.1) is 0 Å². The van der Waals surface area contributed by atoms with E-state index in [1.807, 2.05) is 0 Å². The second-order valence-electron chi connectivity index (χ2n) is 4.65. The normalized spacial score (nSPS) is 13.9. The first-order chi connectivity index (χ1) is 8.28. The summed E-state index contributed by atoms with van der Waals surface area (Å²) in [6.45, 7) is 4.14. The molecule has 2 rings (SSSR count). The molecule has 0 radical (unpaired) electrons. The molecule has 0 amide bonds. The number of aryl methyl sites for hydroxylation is 2. The molecule has 0 heterocycles. The first kappa shape index (κ1) is 14.3. The van der Waals surface area contributed by atoms with Gasteiger partial charge in [0.15, 0.2) is 0 Å². The van der Waals surface area contributed by atoms with E-state index in [1.165, 1.54) is 11.1 Å². The van der Waals surface area contributed by atoms with E-state index < -0.39 is 4.21 Å². The van der Waals surface area contributed by atoms with Crippen LogP contribution in [0.3, 0.4) is 0 Å². The fourth-order valence-corrected chi connectivity index (χ4v) is 5.88. The van der Waals surface area contributed by atoms with Gasteiger partial charge in [-0.1, -0.05) is 0 Å². The van der Waals surface area contributed by atoms with Crippen molar-refractivity contribution in [2.75, 3.05) is 0 Å². The Hall–Kier alpha value is -0.0800. The van der Waals surface area contributed by atoms with Crippen molar-refractivity contribution in [1.29, 1.82) is 0 Å². The van der Waals surface area contributed by atoms with Gasteiger partial charge in [-0.05, 0) is 0 Å². The van der Waals surface area contributed by atoms with Crippen molar-refractivity contribution in [3.63, 3.8) is 0 Å². The summed E-state index contributed by atoms with van der Waals surface area (Å²) in [5.41, 5.74) is 2.45. The van der Waals surface area contributed by atoms with Gasteiger partial charge in [-0.25, -0.2) is 0 Å². The fraction of sp³-hybridized carbons (Fsp3) is 0.143. The molecule has 0 aliphatic rings. The molecule has 0 saturated heterocycles. The third-order valence-electron chi connectivity index (χ3n) is 3.02. The Bertz CT molecular complexity index is 501. The van der Waals surface area contributed by atoms with Crippen molar-refractivity contribution in [3.05, 3.63) is 59.7 Å². The molecule has 0 saturated carbocycles. The van der Waals surface area contributed by atoms with E-state index in [9.17, 15) is 0 Å². The standard InChI is InChI=1S/C14H17PS3/c1-11-3-7-13(8-4-11)15(16,17,18)14-9-5-12(2)6-10-14/h3-10,16-18H,1-2H3. The molecule has 0 fully saturated rings. The summed E-state index contributed by atoms with van der Waals surface area (Å²) >= 11 is 14.5. The van der Waals surface area contributed by atoms with Gasteiger partial charge in [-0.2, -0.15) is 0 Å². The van der Waals surface area contributed by atoms with Crippen LogP contribution in [-0.4, -0.2) is 0 Å². The van der Waals surface area contributed by atoms with Crippen molar-refractivity contribution in [2.24, 2.45) is 0 Å². The van der Waals surface area contributed by atoms with E-state index in [0.29, 0.717) is 0 Å². The number of rotatable bonds is 2. The van der Waals surface area contributed by atoms with Crippen LogP contribution in [0.5, 0.6) is 0 Å². The third-order valence-corrected chi connectivity index (χ3v) is 9.67. The summed E-state index contributed by atoms with van der Waals surface area (Å²) in [5.74, 6) is 0. The summed E-state index contributed by atoms with van der Waals surface area (Å²) in [5, 5.41) is 2.15. The van der Waals surface area contributed by atoms with E-state index in [4.69, 9.17) is 36.7 Å². The van der Waals surface area contributed by atoms with Gasteiger partial charge in [-0.3, -0.25) is 0 Å². The quantitative estimate of drug-likeness (QED) is 0.533. The second-order valence-corrected chi connectivity index (χ2v) is 17.7. The zero-order chi connectivity index (χ0) is 13.4. The molecular formula is C14H17PS3. The molecule has 0 spiro atoms. The molecule has 18 heavy (non-hydrogen) atoms. The van der Waals surface area contributed by atoms with Crippen LogP contribution in [0.4, 0.5) is 0 Å². The van der Waals surface area contributed by atoms with E-state index in [1.54, 1.807) is 0 Å². The summed E-state index contributed by atoms with van der Waals surface area (Å²) in [6.07, 6.45) is 0. The average molecular weight is 312 g/mol. The molecule has 0 atom stereocenters. The van der Waals surface area contributed by atoms with E-state index in [2.05, 4.69) is 62.4 Å². The molecule has 0 bridgehead atoms. The minimum absolute atomic E-state index is 1.07. The summed E-state index contributed by atoms with van der Waals surface area (Å²) in [7, 11) is 0. The first-order valence-corrected chi connectivity index (χ1v) is 11.4. The van der Waals surface area contributed by atoms with Crippen LogP contribution in [0.1, 0.15) is 11.1 Å². The van der Waals surface area contributed by atoms with Crippen LogP contribution < -0.4 is 10.6 Å². The molecule has 0 aliphatic heterocycles. The van der Waals surface area contributed by atoms with Gasteiger partial charge in [0.2, 0.25) is 0 Å². The third kappa shape index (κ3) is 2.75. The van der Waals surface area contributed by atoms with Crippen LogP contribution in [-0.2, 0) is 0 Å². The Kier molecular flexibility index (Phi) is 3.81. The number of benzene rings is 2. The molecule has 0 unspecified atom stereocenters. The van der Waals surface area contributed by atoms with Crippen LogP contribution in [0.25, 0.3) is 0 Å². The Morgan fingerprint density at radius 1 is 0.611 bits per heavy atom. The van der Waals surface area contributed by atoms with Crippen molar-refractivity contribution in [2.45, 2.75) is 13.8 Å². The Balaban J connectivity index is 2.56. The van der Waals surface area contributed by atoms with Crippen LogP contribution in [0.15, 0.2) is 48.5 Å². The van der Waals surface area contributed by atoms with E-state index in [0.717, 1.165) is 10.6 Å². The molecule has 0 N–H and O–H groups in total. The monoisotopic (exact) mass is 312 g/mol. The Morgan fingerprint density at radius 3 is 1.17 bits per heavy atom. The molecule has 0 aromatic heterocycles. The molecule has 96 valence electrons. The van der Waals surface area contributed by atoms with Gasteiger partial charge in [0, 0.05) is 0 Å². The van der Waals surface area contributed by atoms with Crippen LogP contribution in [0.2, 0.25) is 0 Å². The number of hydrogen-bond donors (Lipinski definition) is 3. The maximum absolute atomic E-state index is 4.85. The second kappa shape index (κ2) is 4.79. The van der Waals surface area contributed by atoms with Crippen molar-refractivity contribution >= 4 is 51.6 Å².